The van der Waals surface area contributed by atoms with Crippen LogP contribution in [0.4, 0.5) is 5.69 Å². The summed E-state index contributed by atoms with van der Waals surface area (Å²) >= 11 is 0. The second kappa shape index (κ2) is 7.77. The third-order valence-corrected chi connectivity index (χ3v) is 3.50. The van der Waals surface area contributed by atoms with Crippen molar-refractivity contribution in [2.75, 3.05) is 39.6 Å². The molecule has 23 heavy (non-hydrogen) atoms. The molecule has 0 spiro atoms. The van der Waals surface area contributed by atoms with Gasteiger partial charge in [0.05, 0.1) is 30.0 Å². The van der Waals surface area contributed by atoms with E-state index in [1.165, 1.54) is 6.08 Å². The number of hydrogen-bond donors (Lipinski definition) is 1. The summed E-state index contributed by atoms with van der Waals surface area (Å²) in [5.41, 5.74) is 6.67. The number of nitrogen functional groups attached to an aromatic ring is 1. The minimum atomic E-state index is -0.268. The van der Waals surface area contributed by atoms with Crippen molar-refractivity contribution in [2.24, 2.45) is 0 Å². The molecule has 0 amide bonds. The molecule has 1 aromatic rings. The summed E-state index contributed by atoms with van der Waals surface area (Å²) in [6.07, 6.45) is 3.89. The molecule has 1 fully saturated rings. The Labute approximate surface area is 136 Å². The van der Waals surface area contributed by atoms with E-state index in [9.17, 15) is 4.79 Å². The molecule has 2 N–H and O–H groups in total. The predicted octanol–water partition coefficient (Wildman–Crippen LogP) is 1.61. The first kappa shape index (κ1) is 17.0. The molecule has 1 aliphatic rings. The molecule has 0 saturated carbocycles. The summed E-state index contributed by atoms with van der Waals surface area (Å²) in [7, 11) is 3.82. The van der Waals surface area contributed by atoms with Crippen LogP contribution in [-0.2, 0) is 4.74 Å². The van der Waals surface area contributed by atoms with Crippen molar-refractivity contribution in [3.05, 3.63) is 35.4 Å². The zero-order chi connectivity index (χ0) is 16.8. The fourth-order valence-electron chi connectivity index (χ4n) is 2.29. The molecule has 0 aromatic heterocycles. The number of nitrogens with zero attached hydrogens (tertiary/aromatic N) is 2. The van der Waals surface area contributed by atoms with Crippen molar-refractivity contribution in [1.82, 2.24) is 4.90 Å². The second-order valence-electron chi connectivity index (χ2n) is 5.64. The molecule has 0 radical (unpaired) electrons. The Kier molecular flexibility index (Phi) is 5.74. The van der Waals surface area contributed by atoms with Crippen LogP contribution in [0.5, 0.6) is 5.75 Å². The first-order chi connectivity index (χ1) is 11.0. The summed E-state index contributed by atoms with van der Waals surface area (Å²) in [6, 6.07) is 5.19. The first-order valence-electron chi connectivity index (χ1n) is 7.45. The Morgan fingerprint density at radius 1 is 1.57 bits per heavy atom. The Hall–Kier alpha value is -2.36. The molecule has 0 aliphatic carbocycles. The Balaban J connectivity index is 2.31. The number of carbonyl (C=O) groups excluding carboxylic acids is 1. The van der Waals surface area contributed by atoms with Crippen molar-refractivity contribution in [1.29, 1.82) is 5.26 Å². The van der Waals surface area contributed by atoms with Gasteiger partial charge >= 0.3 is 0 Å². The highest BCUT2D eigenvalue weighted by molar-refractivity contribution is 6.10. The molecule has 122 valence electrons. The quantitative estimate of drug-likeness (QED) is 0.487. The van der Waals surface area contributed by atoms with E-state index < -0.39 is 0 Å². The molecule has 0 unspecified atom stereocenters. The zero-order valence-electron chi connectivity index (χ0n) is 13.4. The van der Waals surface area contributed by atoms with E-state index in [-0.39, 0.29) is 28.7 Å². The summed E-state index contributed by atoms with van der Waals surface area (Å²) in [5.74, 6) is 0.131. The molecule has 6 heteroatoms. The summed E-state index contributed by atoms with van der Waals surface area (Å²) in [4.78, 5) is 14.4. The molecule has 0 bridgehead atoms. The minimum absolute atomic E-state index is 0.0976. The Morgan fingerprint density at radius 3 is 2.96 bits per heavy atom. The lowest BCUT2D eigenvalue weighted by molar-refractivity contribution is 0.103. The number of nitriles is 1. The van der Waals surface area contributed by atoms with Crippen molar-refractivity contribution >= 4 is 11.5 Å². The zero-order valence-corrected chi connectivity index (χ0v) is 13.4. The van der Waals surface area contributed by atoms with Crippen LogP contribution in [-0.4, -0.2) is 50.6 Å². The summed E-state index contributed by atoms with van der Waals surface area (Å²) in [5, 5.41) is 9.12. The van der Waals surface area contributed by atoms with Crippen molar-refractivity contribution in [3.8, 4) is 11.8 Å². The molecule has 2 rings (SSSR count). The van der Waals surface area contributed by atoms with Crippen LogP contribution in [0.25, 0.3) is 0 Å². The maximum atomic E-state index is 12.5. The smallest absolute Gasteiger partial charge is 0.191 e. The number of ether oxygens (including phenoxy) is 2. The number of ketones is 1. The lowest BCUT2D eigenvalue weighted by Gasteiger charge is -2.16. The van der Waals surface area contributed by atoms with Crippen LogP contribution in [0.15, 0.2) is 24.3 Å². The average molecular weight is 315 g/mol. The van der Waals surface area contributed by atoms with Crippen LogP contribution in [0.1, 0.15) is 22.3 Å². The van der Waals surface area contributed by atoms with Gasteiger partial charge in [-0.2, -0.15) is 5.26 Å². The van der Waals surface area contributed by atoms with E-state index in [2.05, 4.69) is 0 Å². The van der Waals surface area contributed by atoms with Gasteiger partial charge in [-0.05, 0) is 32.3 Å². The lowest BCUT2D eigenvalue weighted by atomic mass is 10.0. The van der Waals surface area contributed by atoms with Gasteiger partial charge in [0.25, 0.3) is 0 Å². The number of allylic oxidation sites excluding steroid dienone is 1. The highest BCUT2D eigenvalue weighted by Gasteiger charge is 2.22. The molecule has 1 saturated heterocycles. The SMILES string of the molecule is CN(C)CC=CC(=O)c1c(O[C@H]2CCOC2)ccc(C#N)c1N. The summed E-state index contributed by atoms with van der Waals surface area (Å²) in [6.45, 7) is 1.77. The normalized spacial score (nSPS) is 17.6. The van der Waals surface area contributed by atoms with Crippen LogP contribution in [0.3, 0.4) is 0 Å². The van der Waals surface area contributed by atoms with Gasteiger partial charge in [0, 0.05) is 13.0 Å². The van der Waals surface area contributed by atoms with E-state index in [0.29, 0.717) is 25.5 Å². The van der Waals surface area contributed by atoms with Crippen LogP contribution in [0, 0.1) is 11.3 Å². The first-order valence-corrected chi connectivity index (χ1v) is 7.45. The number of carbonyl (C=O) groups is 1. The van der Waals surface area contributed by atoms with E-state index >= 15 is 0 Å². The monoisotopic (exact) mass is 315 g/mol. The van der Waals surface area contributed by atoms with E-state index in [1.807, 2.05) is 25.1 Å². The summed E-state index contributed by atoms with van der Waals surface area (Å²) < 4.78 is 11.1. The minimum Gasteiger partial charge on any atom is -0.487 e. The maximum absolute atomic E-state index is 12.5. The largest absolute Gasteiger partial charge is 0.487 e. The Morgan fingerprint density at radius 2 is 2.35 bits per heavy atom. The van der Waals surface area contributed by atoms with Crippen LogP contribution < -0.4 is 10.5 Å². The molecule has 1 aromatic carbocycles. The van der Waals surface area contributed by atoms with Crippen molar-refractivity contribution in [2.45, 2.75) is 12.5 Å². The number of hydrogen-bond acceptors (Lipinski definition) is 6. The van der Waals surface area contributed by atoms with Crippen LogP contribution in [0.2, 0.25) is 0 Å². The van der Waals surface area contributed by atoms with Crippen molar-refractivity contribution < 1.29 is 14.3 Å². The van der Waals surface area contributed by atoms with Gasteiger partial charge in [0.1, 0.15) is 17.9 Å². The fraction of sp³-hybridized carbons (Fsp3) is 0.412. The fourth-order valence-corrected chi connectivity index (χ4v) is 2.29. The van der Waals surface area contributed by atoms with Crippen molar-refractivity contribution in [3.63, 3.8) is 0 Å². The number of rotatable bonds is 6. The molecule has 1 heterocycles. The number of benzene rings is 1. The highest BCUT2D eigenvalue weighted by Crippen LogP contribution is 2.30. The number of likely N-dealkylation sites (N-methyl/N-ethyl adjacent to an activating group) is 1. The van der Waals surface area contributed by atoms with Gasteiger partial charge in [-0.3, -0.25) is 4.79 Å². The molecule has 1 atom stereocenters. The number of anilines is 1. The third-order valence-electron chi connectivity index (χ3n) is 3.50. The number of nitrogens with two attached hydrogens (primary N) is 1. The standard InChI is InChI=1S/C17H21N3O3/c1-20(2)8-3-4-14(21)16-15(23-13-7-9-22-11-13)6-5-12(10-18)17(16)19/h3-6,13H,7-9,11,19H2,1-2H3/t13-/m0/s1. The van der Waals surface area contributed by atoms with Gasteiger partial charge in [0.2, 0.25) is 0 Å². The molecule has 6 nitrogen and oxygen atoms in total. The van der Waals surface area contributed by atoms with Gasteiger partial charge in [-0.25, -0.2) is 0 Å². The van der Waals surface area contributed by atoms with E-state index in [4.69, 9.17) is 20.5 Å². The second-order valence-corrected chi connectivity index (χ2v) is 5.64. The predicted molar refractivity (Wildman–Crippen MR) is 87.4 cm³/mol. The van der Waals surface area contributed by atoms with Gasteiger partial charge in [-0.1, -0.05) is 6.08 Å². The van der Waals surface area contributed by atoms with Gasteiger partial charge in [-0.15, -0.1) is 0 Å². The molecular formula is C17H21N3O3. The molecular weight excluding hydrogens is 294 g/mol. The Bertz CT molecular complexity index is 641. The molecule has 1 aliphatic heterocycles. The lowest BCUT2D eigenvalue weighted by Crippen LogP contribution is -2.18. The van der Waals surface area contributed by atoms with E-state index in [0.717, 1.165) is 6.42 Å². The van der Waals surface area contributed by atoms with Gasteiger partial charge in [0.15, 0.2) is 5.78 Å². The third kappa shape index (κ3) is 4.31. The van der Waals surface area contributed by atoms with Crippen LogP contribution >= 0.6 is 0 Å². The highest BCUT2D eigenvalue weighted by atomic mass is 16.5. The topological polar surface area (TPSA) is 88.6 Å². The maximum Gasteiger partial charge on any atom is 0.191 e. The van der Waals surface area contributed by atoms with Gasteiger partial charge < -0.3 is 20.1 Å². The van der Waals surface area contributed by atoms with E-state index in [1.54, 1.807) is 18.2 Å². The average Bonchev–Trinajstić information content (AvgIpc) is 3.00.